The maximum Gasteiger partial charge on any atom is 0.162 e. The molecule has 0 radical (unpaired) electrons. The zero-order valence-corrected chi connectivity index (χ0v) is 12.1. The molecule has 3 heteroatoms. The third-order valence-electron chi connectivity index (χ3n) is 3.30. The third-order valence-corrected chi connectivity index (χ3v) is 3.30. The van der Waals surface area contributed by atoms with Crippen molar-refractivity contribution in [1.82, 2.24) is 9.97 Å². The number of aryl methyl sites for hydroxylation is 2. The van der Waals surface area contributed by atoms with Gasteiger partial charge in [0.15, 0.2) is 5.82 Å². The fourth-order valence-electron chi connectivity index (χ4n) is 2.28. The van der Waals surface area contributed by atoms with Gasteiger partial charge >= 0.3 is 0 Å². The van der Waals surface area contributed by atoms with Gasteiger partial charge < -0.3 is 5.32 Å². The first kappa shape index (κ1) is 13.5. The Labute approximate surface area is 115 Å². The molecule has 0 fully saturated rings. The van der Waals surface area contributed by atoms with Gasteiger partial charge in [-0.25, -0.2) is 9.97 Å². The molecule has 0 saturated heterocycles. The number of hydrogen-bond acceptors (Lipinski definition) is 3. The first-order valence-corrected chi connectivity index (χ1v) is 6.84. The highest BCUT2D eigenvalue weighted by Gasteiger charge is 2.12. The zero-order valence-electron chi connectivity index (χ0n) is 12.1. The summed E-state index contributed by atoms with van der Waals surface area (Å²) in [4.78, 5) is 9.37. The topological polar surface area (TPSA) is 37.8 Å². The van der Waals surface area contributed by atoms with Gasteiger partial charge in [0.25, 0.3) is 0 Å². The number of anilines is 1. The Kier molecular flexibility index (Phi) is 4.15. The fraction of sp³-hybridized carbons (Fsp3) is 0.375. The lowest BCUT2D eigenvalue weighted by molar-refractivity contribution is 0.988. The molecular weight excluding hydrogens is 234 g/mol. The van der Waals surface area contributed by atoms with Crippen LogP contribution >= 0.6 is 0 Å². The van der Waals surface area contributed by atoms with Gasteiger partial charge in [0, 0.05) is 23.4 Å². The van der Waals surface area contributed by atoms with Gasteiger partial charge in [-0.3, -0.25) is 0 Å². The Hall–Kier alpha value is -1.90. The fourth-order valence-corrected chi connectivity index (χ4v) is 2.28. The smallest absolute Gasteiger partial charge is 0.162 e. The molecule has 0 spiro atoms. The lowest BCUT2D eigenvalue weighted by Crippen LogP contribution is -2.08. The standard InChI is InChI=1S/C16H21N3/c1-5-13-12(4)18-16(19-15(13)17-6-2)14-10-8-7-9-11(14)3/h7-10H,5-6H2,1-4H3,(H,17,18,19). The van der Waals surface area contributed by atoms with E-state index < -0.39 is 0 Å². The molecule has 3 nitrogen and oxygen atoms in total. The van der Waals surface area contributed by atoms with Crippen LogP contribution in [0.2, 0.25) is 0 Å². The van der Waals surface area contributed by atoms with Gasteiger partial charge in [0.05, 0.1) is 0 Å². The first-order valence-electron chi connectivity index (χ1n) is 6.84. The molecule has 0 saturated carbocycles. The van der Waals surface area contributed by atoms with Gasteiger partial charge in [-0.05, 0) is 32.8 Å². The van der Waals surface area contributed by atoms with Crippen LogP contribution in [0.4, 0.5) is 5.82 Å². The van der Waals surface area contributed by atoms with Crippen molar-refractivity contribution in [2.24, 2.45) is 0 Å². The summed E-state index contributed by atoms with van der Waals surface area (Å²) in [7, 11) is 0. The summed E-state index contributed by atoms with van der Waals surface area (Å²) in [5, 5.41) is 3.35. The summed E-state index contributed by atoms with van der Waals surface area (Å²) in [6.07, 6.45) is 0.947. The van der Waals surface area contributed by atoms with E-state index >= 15 is 0 Å². The molecule has 2 aromatic rings. The van der Waals surface area contributed by atoms with E-state index in [1.807, 2.05) is 12.1 Å². The van der Waals surface area contributed by atoms with Crippen LogP contribution in [-0.2, 0) is 6.42 Å². The van der Waals surface area contributed by atoms with Crippen LogP contribution in [0.25, 0.3) is 11.4 Å². The average molecular weight is 255 g/mol. The molecule has 0 unspecified atom stereocenters. The Morgan fingerprint density at radius 2 is 1.79 bits per heavy atom. The molecule has 0 atom stereocenters. The minimum atomic E-state index is 0.809. The van der Waals surface area contributed by atoms with Gasteiger partial charge in [0.1, 0.15) is 5.82 Å². The van der Waals surface area contributed by atoms with Crippen LogP contribution in [0, 0.1) is 13.8 Å². The van der Waals surface area contributed by atoms with Gasteiger partial charge in [-0.2, -0.15) is 0 Å². The number of nitrogens with one attached hydrogen (secondary N) is 1. The van der Waals surface area contributed by atoms with Crippen LogP contribution in [0.1, 0.15) is 30.7 Å². The van der Waals surface area contributed by atoms with Crippen molar-refractivity contribution < 1.29 is 0 Å². The highest BCUT2D eigenvalue weighted by molar-refractivity contribution is 5.63. The van der Waals surface area contributed by atoms with Crippen molar-refractivity contribution >= 4 is 5.82 Å². The largest absolute Gasteiger partial charge is 0.370 e. The number of aromatic nitrogens is 2. The van der Waals surface area contributed by atoms with Crippen molar-refractivity contribution in [3.63, 3.8) is 0 Å². The second-order valence-electron chi connectivity index (χ2n) is 4.66. The van der Waals surface area contributed by atoms with Crippen molar-refractivity contribution in [1.29, 1.82) is 0 Å². The molecule has 0 amide bonds. The Bertz CT molecular complexity index is 576. The molecule has 0 aliphatic heterocycles. The summed E-state index contributed by atoms with van der Waals surface area (Å²) < 4.78 is 0. The monoisotopic (exact) mass is 255 g/mol. The quantitative estimate of drug-likeness (QED) is 0.904. The molecule has 1 N–H and O–H groups in total. The summed E-state index contributed by atoms with van der Waals surface area (Å²) in [6.45, 7) is 9.25. The molecule has 2 rings (SSSR count). The summed E-state index contributed by atoms with van der Waals surface area (Å²) in [6, 6.07) is 8.24. The van der Waals surface area contributed by atoms with E-state index in [0.717, 1.165) is 35.9 Å². The minimum Gasteiger partial charge on any atom is -0.370 e. The van der Waals surface area contributed by atoms with Gasteiger partial charge in [-0.1, -0.05) is 31.2 Å². The Balaban J connectivity index is 2.57. The van der Waals surface area contributed by atoms with Crippen LogP contribution in [0.5, 0.6) is 0 Å². The maximum atomic E-state index is 4.70. The predicted molar refractivity (Wildman–Crippen MR) is 80.5 cm³/mol. The lowest BCUT2D eigenvalue weighted by Gasteiger charge is -2.13. The molecule has 1 aromatic heterocycles. The van der Waals surface area contributed by atoms with E-state index in [9.17, 15) is 0 Å². The number of benzene rings is 1. The van der Waals surface area contributed by atoms with E-state index in [1.165, 1.54) is 11.1 Å². The first-order chi connectivity index (χ1) is 9.17. The van der Waals surface area contributed by atoms with Crippen LogP contribution in [0.15, 0.2) is 24.3 Å². The van der Waals surface area contributed by atoms with Crippen molar-refractivity contribution in [3.05, 3.63) is 41.1 Å². The van der Waals surface area contributed by atoms with Crippen molar-refractivity contribution in [2.75, 3.05) is 11.9 Å². The van der Waals surface area contributed by atoms with E-state index in [1.54, 1.807) is 0 Å². The van der Waals surface area contributed by atoms with E-state index in [-0.39, 0.29) is 0 Å². The van der Waals surface area contributed by atoms with E-state index in [2.05, 4.69) is 50.1 Å². The normalized spacial score (nSPS) is 10.5. The molecule has 0 aliphatic rings. The predicted octanol–water partition coefficient (Wildman–Crippen LogP) is 3.75. The van der Waals surface area contributed by atoms with Gasteiger partial charge in [0.2, 0.25) is 0 Å². The molecular formula is C16H21N3. The SMILES string of the molecule is CCNc1nc(-c2ccccc2C)nc(C)c1CC. The number of rotatable bonds is 4. The molecule has 1 aromatic carbocycles. The number of nitrogens with zero attached hydrogens (tertiary/aromatic N) is 2. The molecule has 19 heavy (non-hydrogen) atoms. The lowest BCUT2D eigenvalue weighted by atomic mass is 10.1. The average Bonchev–Trinajstić information content (AvgIpc) is 2.39. The minimum absolute atomic E-state index is 0.809. The third kappa shape index (κ3) is 2.75. The molecule has 0 bridgehead atoms. The number of hydrogen-bond donors (Lipinski definition) is 1. The second-order valence-corrected chi connectivity index (χ2v) is 4.66. The van der Waals surface area contributed by atoms with Crippen LogP contribution in [0.3, 0.4) is 0 Å². The van der Waals surface area contributed by atoms with Crippen LogP contribution in [-0.4, -0.2) is 16.5 Å². The molecule has 100 valence electrons. The zero-order chi connectivity index (χ0) is 13.8. The van der Waals surface area contributed by atoms with Crippen molar-refractivity contribution in [3.8, 4) is 11.4 Å². The summed E-state index contributed by atoms with van der Waals surface area (Å²) in [5.41, 5.74) is 4.58. The molecule has 0 aliphatic carbocycles. The highest BCUT2D eigenvalue weighted by Crippen LogP contribution is 2.24. The molecule has 1 heterocycles. The summed E-state index contributed by atoms with van der Waals surface area (Å²) >= 11 is 0. The van der Waals surface area contributed by atoms with Gasteiger partial charge in [-0.15, -0.1) is 0 Å². The second kappa shape index (κ2) is 5.83. The van der Waals surface area contributed by atoms with E-state index in [4.69, 9.17) is 4.98 Å². The van der Waals surface area contributed by atoms with E-state index in [0.29, 0.717) is 0 Å². The van der Waals surface area contributed by atoms with Crippen LogP contribution < -0.4 is 5.32 Å². The highest BCUT2D eigenvalue weighted by atomic mass is 15.0. The Morgan fingerprint density at radius 1 is 1.05 bits per heavy atom. The Morgan fingerprint density at radius 3 is 2.42 bits per heavy atom. The maximum absolute atomic E-state index is 4.70. The summed E-state index contributed by atoms with van der Waals surface area (Å²) in [5.74, 6) is 1.78. The van der Waals surface area contributed by atoms with Crippen molar-refractivity contribution in [2.45, 2.75) is 34.1 Å².